The van der Waals surface area contributed by atoms with Crippen molar-refractivity contribution in [2.24, 2.45) is 0 Å². The third-order valence-corrected chi connectivity index (χ3v) is 0. The molecule has 0 heterocycles. The predicted octanol–water partition coefficient (Wildman–Crippen LogP) is -5.19. The molecular formula is H12NO9Tb-. The van der Waals surface area contributed by atoms with Gasteiger partial charge in [-0.2, -0.15) is 0 Å². The van der Waals surface area contributed by atoms with Crippen LogP contribution in [0.5, 0.6) is 0 Å². The quantitative estimate of drug-likeness (QED) is 0.312. The van der Waals surface area contributed by atoms with Crippen LogP contribution in [0.1, 0.15) is 0 Å². The molecule has 0 aliphatic carbocycles. The Bertz CT molecular complexity index is 32.5. The summed E-state index contributed by atoms with van der Waals surface area (Å²) in [6.45, 7) is 0. The van der Waals surface area contributed by atoms with Crippen LogP contribution in [0.3, 0.4) is 0 Å². The van der Waals surface area contributed by atoms with Crippen molar-refractivity contribution < 1.29 is 76.6 Å². The maximum Gasteiger partial charge on any atom is 0.0689 e. The van der Waals surface area contributed by atoms with E-state index in [4.69, 9.17) is 15.3 Å². The summed E-state index contributed by atoms with van der Waals surface area (Å²) in [4.78, 5) is 8.25. The SMILES string of the molecule is O.O.O.O.O.O.O=[N+]([O-])[O-].[Tb]. The number of hydrogen-bond acceptors (Lipinski definition) is 3. The molecule has 0 fully saturated rings. The summed E-state index contributed by atoms with van der Waals surface area (Å²) in [7, 11) is 0. The minimum Gasteiger partial charge on any atom is -0.412 e. The van der Waals surface area contributed by atoms with Crippen LogP contribution in [0.25, 0.3) is 0 Å². The first-order chi connectivity index (χ1) is 1.73. The first-order valence-electron chi connectivity index (χ1n) is 0.548. The Morgan fingerprint density at radius 3 is 0.727 bits per heavy atom. The summed E-state index contributed by atoms with van der Waals surface area (Å²) in [5.41, 5.74) is 0. The molecule has 10 nitrogen and oxygen atoms in total. The van der Waals surface area contributed by atoms with Gasteiger partial charge in [0.25, 0.3) is 0 Å². The van der Waals surface area contributed by atoms with Crippen LogP contribution < -0.4 is 0 Å². The molecule has 11 heavy (non-hydrogen) atoms. The van der Waals surface area contributed by atoms with Crippen molar-refractivity contribution in [1.29, 1.82) is 0 Å². The van der Waals surface area contributed by atoms with Crippen molar-refractivity contribution in [2.75, 3.05) is 0 Å². The summed E-state index contributed by atoms with van der Waals surface area (Å²) in [6.07, 6.45) is 0. The van der Waals surface area contributed by atoms with E-state index in [1.165, 1.54) is 0 Å². The molecule has 0 amide bonds. The molecule has 0 atom stereocenters. The zero-order valence-electron chi connectivity index (χ0n) is 5.01. The summed E-state index contributed by atoms with van der Waals surface area (Å²) < 4.78 is 0. The zero-order valence-corrected chi connectivity index (χ0v) is 7.14. The summed E-state index contributed by atoms with van der Waals surface area (Å²) in [6, 6.07) is 0. The Balaban J connectivity index is -0.00000000214. The smallest absolute Gasteiger partial charge is 0.0689 e. The van der Waals surface area contributed by atoms with E-state index in [9.17, 15) is 0 Å². The molecule has 81 valence electrons. The van der Waals surface area contributed by atoms with E-state index in [0.29, 0.717) is 0 Å². The number of nitrogens with zero attached hydrogens (tertiary/aromatic N) is 1. The van der Waals surface area contributed by atoms with Gasteiger partial charge in [-0.05, 0) is 0 Å². The van der Waals surface area contributed by atoms with Gasteiger partial charge in [-0.3, -0.25) is 0 Å². The van der Waals surface area contributed by atoms with E-state index in [1.807, 2.05) is 0 Å². The van der Waals surface area contributed by atoms with Gasteiger partial charge >= 0.3 is 0 Å². The Morgan fingerprint density at radius 1 is 0.727 bits per heavy atom. The van der Waals surface area contributed by atoms with Gasteiger partial charge in [0.2, 0.25) is 0 Å². The molecule has 0 aliphatic heterocycles. The third kappa shape index (κ3) is 11500. The molecule has 0 aromatic rings. The van der Waals surface area contributed by atoms with Gasteiger partial charge in [0, 0.05) is 38.6 Å². The summed E-state index contributed by atoms with van der Waals surface area (Å²) >= 11 is 0. The van der Waals surface area contributed by atoms with Gasteiger partial charge in [0.1, 0.15) is 0 Å². The molecular weight excluding hydrogens is 317 g/mol. The van der Waals surface area contributed by atoms with Crippen molar-refractivity contribution in [3.05, 3.63) is 15.3 Å². The fourth-order valence-corrected chi connectivity index (χ4v) is 0. The van der Waals surface area contributed by atoms with E-state index in [0.717, 1.165) is 0 Å². The van der Waals surface area contributed by atoms with E-state index >= 15 is 0 Å². The van der Waals surface area contributed by atoms with E-state index in [2.05, 4.69) is 0 Å². The van der Waals surface area contributed by atoms with Crippen molar-refractivity contribution in [2.45, 2.75) is 0 Å². The van der Waals surface area contributed by atoms with Gasteiger partial charge in [-0.25, -0.2) is 0 Å². The van der Waals surface area contributed by atoms with Crippen LogP contribution in [-0.4, -0.2) is 37.9 Å². The van der Waals surface area contributed by atoms with Crippen molar-refractivity contribution in [3.8, 4) is 0 Å². The maximum absolute atomic E-state index is 8.25. The van der Waals surface area contributed by atoms with Crippen LogP contribution in [0, 0.1) is 53.9 Å². The first-order valence-corrected chi connectivity index (χ1v) is 0.548. The molecule has 0 rings (SSSR count). The first kappa shape index (κ1) is 112. The Hall–Kier alpha value is 0.246. The molecule has 0 saturated carbocycles. The van der Waals surface area contributed by atoms with E-state index in [-0.39, 0.29) is 71.5 Å². The number of hydrogen-bond donors (Lipinski definition) is 0. The van der Waals surface area contributed by atoms with Crippen molar-refractivity contribution in [3.63, 3.8) is 0 Å². The van der Waals surface area contributed by atoms with Crippen molar-refractivity contribution >= 4 is 0 Å². The topological polar surface area (TPSA) is 255 Å². The second kappa shape index (κ2) is 83.1. The summed E-state index contributed by atoms with van der Waals surface area (Å²) in [5, 5.41) is 14.8. The molecule has 0 aromatic heterocycles. The average molecular weight is 329 g/mol. The average Bonchev–Trinajstić information content (AvgIpc) is 0.811. The fraction of sp³-hybridized carbons (Fsp3) is 0. The van der Waals surface area contributed by atoms with Crippen molar-refractivity contribution in [1.82, 2.24) is 0 Å². The normalized spacial score (nSPS) is 2.18. The second-order valence-electron chi connectivity index (χ2n) is 0.224. The predicted molar refractivity (Wildman–Crippen MR) is 32.0 cm³/mol. The second-order valence-corrected chi connectivity index (χ2v) is 0.224. The molecule has 0 bridgehead atoms. The largest absolute Gasteiger partial charge is 0.412 e. The standard InChI is InChI=1S/NO3.6H2O.Tb/c2-1(3)4;;;;;;;/h;6*1H2;/q-1;;;;;;;. The van der Waals surface area contributed by atoms with Gasteiger partial charge in [-0.15, -0.1) is 0 Å². The molecule has 0 spiro atoms. The molecule has 11 heteroatoms. The van der Waals surface area contributed by atoms with E-state index in [1.54, 1.807) is 0 Å². The summed E-state index contributed by atoms with van der Waals surface area (Å²) in [5.74, 6) is 0. The molecule has 0 aliphatic rings. The Labute approximate surface area is 91.6 Å². The van der Waals surface area contributed by atoms with Crippen LogP contribution >= 0.6 is 0 Å². The molecule has 12 N–H and O–H groups in total. The monoisotopic (exact) mass is 329 g/mol. The van der Waals surface area contributed by atoms with Gasteiger partial charge in [-0.1, -0.05) is 0 Å². The maximum atomic E-state index is 8.25. The van der Waals surface area contributed by atoms with Gasteiger partial charge in [0.15, 0.2) is 0 Å². The third-order valence-electron chi connectivity index (χ3n) is 0. The molecule has 1 radical (unpaired) electrons. The van der Waals surface area contributed by atoms with Crippen LogP contribution in [0.4, 0.5) is 0 Å². The Morgan fingerprint density at radius 2 is 0.727 bits per heavy atom. The minimum absolute atomic E-state index is 0. The van der Waals surface area contributed by atoms with Gasteiger partial charge in [0.05, 0.1) is 5.09 Å². The van der Waals surface area contributed by atoms with Crippen LogP contribution in [-0.2, 0) is 0 Å². The fourth-order valence-electron chi connectivity index (χ4n) is 0. The molecule has 0 aromatic carbocycles. The molecule has 0 unspecified atom stereocenters. The minimum atomic E-state index is -1.75. The van der Waals surface area contributed by atoms with Crippen LogP contribution in [0.15, 0.2) is 0 Å². The van der Waals surface area contributed by atoms with Crippen LogP contribution in [0.2, 0.25) is 0 Å². The molecule has 0 saturated heterocycles. The Kier molecular flexibility index (Phi) is 847. The number of rotatable bonds is 0. The van der Waals surface area contributed by atoms with Gasteiger partial charge < -0.3 is 48.2 Å². The zero-order chi connectivity index (χ0) is 3.58. The van der Waals surface area contributed by atoms with E-state index < -0.39 is 5.09 Å².